The van der Waals surface area contributed by atoms with Crippen molar-refractivity contribution in [2.24, 2.45) is 0 Å². The molecule has 0 atom stereocenters. The maximum Gasteiger partial charge on any atom is 0.341 e. The molecule has 0 aliphatic heterocycles. The molecule has 0 saturated heterocycles. The van der Waals surface area contributed by atoms with E-state index in [-0.39, 0.29) is 29.2 Å². The van der Waals surface area contributed by atoms with Crippen molar-refractivity contribution in [3.63, 3.8) is 0 Å². The number of ether oxygens (including phenoxy) is 1. The number of nitrogen functional groups attached to an aromatic ring is 1. The Bertz CT molecular complexity index is 611. The number of nitrogens with two attached hydrogens (primary N) is 1. The Hall–Kier alpha value is -1.63. The van der Waals surface area contributed by atoms with E-state index in [1.165, 1.54) is 32.9 Å². The minimum Gasteiger partial charge on any atom is -0.461 e. The molecule has 0 heterocycles. The van der Waals surface area contributed by atoms with Crippen LogP contribution < -0.4 is 5.73 Å². The first kappa shape index (κ1) is 16.4. The van der Waals surface area contributed by atoms with Crippen LogP contribution in [0.3, 0.4) is 0 Å². The normalized spacial score (nSPS) is 11.7. The van der Waals surface area contributed by atoms with E-state index in [0.717, 1.165) is 0 Å². The van der Waals surface area contributed by atoms with E-state index in [2.05, 4.69) is 0 Å². The second-order valence-electron chi connectivity index (χ2n) is 4.75. The number of carbonyl (C=O) groups is 1. The molecular formula is C13H18FNO4S. The highest BCUT2D eigenvalue weighted by Crippen LogP contribution is 2.18. The predicted octanol–water partition coefficient (Wildman–Crippen LogP) is 1.70. The first-order valence-electron chi connectivity index (χ1n) is 6.09. The van der Waals surface area contributed by atoms with E-state index >= 15 is 0 Å². The van der Waals surface area contributed by atoms with Gasteiger partial charge in [-0.15, -0.1) is 0 Å². The highest BCUT2D eigenvalue weighted by Gasteiger charge is 2.19. The molecule has 0 saturated carbocycles. The van der Waals surface area contributed by atoms with Crippen molar-refractivity contribution in [1.82, 2.24) is 0 Å². The van der Waals surface area contributed by atoms with Crippen molar-refractivity contribution in [3.05, 3.63) is 29.1 Å². The van der Waals surface area contributed by atoms with Crippen LogP contribution in [0, 0.1) is 12.7 Å². The fraction of sp³-hybridized carbons (Fsp3) is 0.462. The zero-order valence-electron chi connectivity index (χ0n) is 11.6. The minimum atomic E-state index is -3.30. The van der Waals surface area contributed by atoms with Crippen LogP contribution in [0.1, 0.15) is 29.8 Å². The van der Waals surface area contributed by atoms with Crippen LogP contribution in [0.2, 0.25) is 0 Å². The topological polar surface area (TPSA) is 86.5 Å². The zero-order valence-corrected chi connectivity index (χ0v) is 12.5. The number of rotatable bonds is 5. The SMILES string of the molecule is Cc1cc(N)cc(C(=O)OCCS(=O)(=O)C(C)C)c1F. The molecule has 0 aromatic heterocycles. The van der Waals surface area contributed by atoms with E-state index in [1.54, 1.807) is 0 Å². The van der Waals surface area contributed by atoms with Gasteiger partial charge in [0.25, 0.3) is 0 Å². The van der Waals surface area contributed by atoms with Crippen molar-refractivity contribution in [2.75, 3.05) is 18.1 Å². The summed E-state index contributed by atoms with van der Waals surface area (Å²) in [6.45, 7) is 4.24. The van der Waals surface area contributed by atoms with E-state index in [0.29, 0.717) is 0 Å². The lowest BCUT2D eigenvalue weighted by Gasteiger charge is -2.10. The van der Waals surface area contributed by atoms with Gasteiger partial charge >= 0.3 is 5.97 Å². The lowest BCUT2D eigenvalue weighted by atomic mass is 10.1. The maximum atomic E-state index is 13.7. The molecule has 7 heteroatoms. The van der Waals surface area contributed by atoms with Gasteiger partial charge in [0, 0.05) is 5.69 Å². The molecule has 0 aliphatic rings. The van der Waals surface area contributed by atoms with Gasteiger partial charge in [-0.3, -0.25) is 0 Å². The summed E-state index contributed by atoms with van der Waals surface area (Å²) in [5.41, 5.74) is 5.72. The molecule has 0 unspecified atom stereocenters. The Morgan fingerprint density at radius 3 is 2.55 bits per heavy atom. The van der Waals surface area contributed by atoms with Crippen LogP contribution in [0.15, 0.2) is 12.1 Å². The molecule has 2 N–H and O–H groups in total. The van der Waals surface area contributed by atoms with Gasteiger partial charge in [-0.1, -0.05) is 0 Å². The van der Waals surface area contributed by atoms with Gasteiger partial charge in [-0.25, -0.2) is 17.6 Å². The Kier molecular flexibility index (Phi) is 5.10. The molecule has 0 bridgehead atoms. The van der Waals surface area contributed by atoms with Gasteiger partial charge in [0.2, 0.25) is 0 Å². The summed E-state index contributed by atoms with van der Waals surface area (Å²) in [7, 11) is -3.30. The Balaban J connectivity index is 2.74. The zero-order chi connectivity index (χ0) is 15.5. The van der Waals surface area contributed by atoms with Crippen molar-refractivity contribution in [1.29, 1.82) is 0 Å². The molecule has 5 nitrogen and oxygen atoms in total. The fourth-order valence-corrected chi connectivity index (χ4v) is 2.30. The lowest BCUT2D eigenvalue weighted by molar-refractivity contribution is 0.0523. The highest BCUT2D eigenvalue weighted by molar-refractivity contribution is 7.91. The standard InChI is InChI=1S/C13H18FNO4S/c1-8(2)20(17,18)5-4-19-13(16)11-7-10(15)6-9(3)12(11)14/h6-8H,4-5,15H2,1-3H3. The van der Waals surface area contributed by atoms with Crippen molar-refractivity contribution in [2.45, 2.75) is 26.0 Å². The molecule has 0 aliphatic carbocycles. The quantitative estimate of drug-likeness (QED) is 0.661. The van der Waals surface area contributed by atoms with E-state index in [9.17, 15) is 17.6 Å². The predicted molar refractivity (Wildman–Crippen MR) is 74.8 cm³/mol. The van der Waals surface area contributed by atoms with Crippen LogP contribution >= 0.6 is 0 Å². The number of sulfone groups is 1. The summed E-state index contributed by atoms with van der Waals surface area (Å²) in [4.78, 5) is 11.7. The van der Waals surface area contributed by atoms with E-state index < -0.39 is 26.9 Å². The van der Waals surface area contributed by atoms with Crippen LogP contribution in [-0.2, 0) is 14.6 Å². The summed E-state index contributed by atoms with van der Waals surface area (Å²) in [5, 5.41) is -0.549. The van der Waals surface area contributed by atoms with Crippen molar-refractivity contribution < 1.29 is 22.3 Å². The largest absolute Gasteiger partial charge is 0.461 e. The molecule has 0 fully saturated rings. The number of anilines is 1. The highest BCUT2D eigenvalue weighted by atomic mass is 32.2. The Morgan fingerprint density at radius 1 is 1.40 bits per heavy atom. The summed E-state index contributed by atoms with van der Waals surface area (Å²) >= 11 is 0. The molecule has 0 radical (unpaired) electrons. The average Bonchev–Trinajstić information content (AvgIpc) is 2.33. The summed E-state index contributed by atoms with van der Waals surface area (Å²) in [6.07, 6.45) is 0. The summed E-state index contributed by atoms with van der Waals surface area (Å²) < 4.78 is 41.6. The first-order valence-corrected chi connectivity index (χ1v) is 7.81. The fourth-order valence-electron chi connectivity index (χ4n) is 1.51. The van der Waals surface area contributed by atoms with E-state index in [4.69, 9.17) is 10.5 Å². The second kappa shape index (κ2) is 6.21. The van der Waals surface area contributed by atoms with Gasteiger partial charge in [-0.05, 0) is 38.5 Å². The Morgan fingerprint density at radius 2 is 2.00 bits per heavy atom. The van der Waals surface area contributed by atoms with Gasteiger partial charge < -0.3 is 10.5 Å². The molecule has 1 aromatic rings. The third kappa shape index (κ3) is 3.93. The van der Waals surface area contributed by atoms with Gasteiger partial charge in [0.1, 0.15) is 12.4 Å². The summed E-state index contributed by atoms with van der Waals surface area (Å²) in [6, 6.07) is 2.57. The number of hydrogen-bond acceptors (Lipinski definition) is 5. The number of esters is 1. The number of carbonyl (C=O) groups excluding carboxylic acids is 1. The van der Waals surface area contributed by atoms with Crippen LogP contribution in [-0.4, -0.2) is 32.0 Å². The van der Waals surface area contributed by atoms with E-state index in [1.807, 2.05) is 0 Å². The van der Waals surface area contributed by atoms with Crippen LogP contribution in [0.4, 0.5) is 10.1 Å². The van der Waals surface area contributed by atoms with Crippen molar-refractivity contribution >= 4 is 21.5 Å². The van der Waals surface area contributed by atoms with Gasteiger partial charge in [-0.2, -0.15) is 0 Å². The number of hydrogen-bond donors (Lipinski definition) is 1. The van der Waals surface area contributed by atoms with Gasteiger partial charge in [0.15, 0.2) is 9.84 Å². The molecule has 112 valence electrons. The molecule has 20 heavy (non-hydrogen) atoms. The molecule has 0 spiro atoms. The number of halogens is 1. The molecule has 0 amide bonds. The third-order valence-corrected chi connectivity index (χ3v) is 4.99. The second-order valence-corrected chi connectivity index (χ2v) is 7.43. The monoisotopic (exact) mass is 303 g/mol. The molecular weight excluding hydrogens is 285 g/mol. The maximum absolute atomic E-state index is 13.7. The summed E-state index contributed by atoms with van der Waals surface area (Å²) in [5.74, 6) is -1.92. The first-order chi connectivity index (χ1) is 9.15. The number of benzene rings is 1. The molecule has 1 aromatic carbocycles. The average molecular weight is 303 g/mol. The third-order valence-electron chi connectivity index (χ3n) is 2.82. The lowest BCUT2D eigenvalue weighted by Crippen LogP contribution is -2.22. The smallest absolute Gasteiger partial charge is 0.341 e. The minimum absolute atomic E-state index is 0.228. The Labute approximate surface area is 117 Å². The molecule has 1 rings (SSSR count). The van der Waals surface area contributed by atoms with Crippen molar-refractivity contribution in [3.8, 4) is 0 Å². The van der Waals surface area contributed by atoms with Crippen LogP contribution in [0.25, 0.3) is 0 Å². The van der Waals surface area contributed by atoms with Crippen LogP contribution in [0.5, 0.6) is 0 Å². The van der Waals surface area contributed by atoms with Gasteiger partial charge in [0.05, 0.1) is 16.6 Å². The number of aryl methyl sites for hydroxylation is 1.